The van der Waals surface area contributed by atoms with Gasteiger partial charge in [-0.3, -0.25) is 19.3 Å². The minimum atomic E-state index is -0.814. The van der Waals surface area contributed by atoms with Crippen LogP contribution in [0.2, 0.25) is 0 Å². The largest absolute Gasteiger partial charge is 0.480 e. The molecule has 2 saturated heterocycles. The second-order valence-corrected chi connectivity index (χ2v) is 8.13. The van der Waals surface area contributed by atoms with Gasteiger partial charge in [-0.1, -0.05) is 11.1 Å². The Morgan fingerprint density at radius 3 is 2.81 bits per heavy atom. The van der Waals surface area contributed by atoms with Crippen LogP contribution in [0.3, 0.4) is 0 Å². The van der Waals surface area contributed by atoms with Gasteiger partial charge in [0.25, 0.3) is 0 Å². The second kappa shape index (κ2) is 6.34. The fourth-order valence-corrected chi connectivity index (χ4v) is 5.35. The van der Waals surface area contributed by atoms with Gasteiger partial charge in [0.2, 0.25) is 0 Å². The van der Waals surface area contributed by atoms with E-state index in [0.717, 1.165) is 36.0 Å². The molecule has 2 unspecified atom stereocenters. The second-order valence-electron chi connectivity index (χ2n) is 8.13. The number of allylic oxidation sites excluding steroid dienone is 2. The predicted octanol–water partition coefficient (Wildman–Crippen LogP) is 1.95. The van der Waals surface area contributed by atoms with Gasteiger partial charge < -0.3 is 9.84 Å². The number of fused-ring (bicyclic) bond motifs is 3. The SMILES string of the molecule is CC1=CC(=O)C2=C(C)CC[C@@H]3C(OC(=O)[C@H]3CN3CCCC3C(=O)O)[C@@H]12. The fourth-order valence-electron chi connectivity index (χ4n) is 5.35. The molecule has 4 rings (SSSR count). The Morgan fingerprint density at radius 2 is 2.08 bits per heavy atom. The molecule has 2 heterocycles. The first kappa shape index (κ1) is 17.5. The van der Waals surface area contributed by atoms with Crippen molar-refractivity contribution >= 4 is 17.7 Å². The number of hydrogen-bond acceptors (Lipinski definition) is 5. The molecule has 2 aliphatic heterocycles. The van der Waals surface area contributed by atoms with E-state index in [0.29, 0.717) is 19.5 Å². The van der Waals surface area contributed by atoms with E-state index in [1.54, 1.807) is 6.08 Å². The molecule has 2 fully saturated rings. The lowest BCUT2D eigenvalue weighted by Crippen LogP contribution is -2.42. The van der Waals surface area contributed by atoms with Crippen LogP contribution < -0.4 is 0 Å². The molecule has 0 amide bonds. The highest BCUT2D eigenvalue weighted by Crippen LogP contribution is 2.48. The molecule has 1 N–H and O–H groups in total. The molecule has 0 spiro atoms. The Bertz CT molecular complexity index is 736. The summed E-state index contributed by atoms with van der Waals surface area (Å²) in [5.74, 6) is -1.40. The number of carbonyl (C=O) groups is 3. The minimum Gasteiger partial charge on any atom is -0.480 e. The van der Waals surface area contributed by atoms with Crippen LogP contribution in [0.5, 0.6) is 0 Å². The van der Waals surface area contributed by atoms with Crippen LogP contribution in [0.1, 0.15) is 39.5 Å². The number of rotatable bonds is 3. The summed E-state index contributed by atoms with van der Waals surface area (Å²) in [5, 5.41) is 9.41. The van der Waals surface area contributed by atoms with E-state index in [-0.39, 0.29) is 35.6 Å². The number of likely N-dealkylation sites (tertiary alicyclic amines) is 1. The molecule has 0 aromatic carbocycles. The number of ether oxygens (including phenoxy) is 1. The third kappa shape index (κ3) is 2.62. The van der Waals surface area contributed by atoms with Crippen molar-refractivity contribution in [1.82, 2.24) is 4.90 Å². The summed E-state index contributed by atoms with van der Waals surface area (Å²) in [5.41, 5.74) is 2.88. The van der Waals surface area contributed by atoms with Gasteiger partial charge >= 0.3 is 11.9 Å². The van der Waals surface area contributed by atoms with Gasteiger partial charge in [0, 0.05) is 24.0 Å². The molecule has 5 atom stereocenters. The molecule has 26 heavy (non-hydrogen) atoms. The summed E-state index contributed by atoms with van der Waals surface area (Å²) in [6, 6.07) is -0.502. The molecule has 0 aromatic rings. The van der Waals surface area contributed by atoms with Crippen molar-refractivity contribution < 1.29 is 24.2 Å². The average Bonchev–Trinajstić information content (AvgIpc) is 3.20. The fraction of sp³-hybridized carbons (Fsp3) is 0.650. The highest BCUT2D eigenvalue weighted by Gasteiger charge is 2.53. The van der Waals surface area contributed by atoms with Gasteiger partial charge in [0.1, 0.15) is 12.1 Å². The summed E-state index contributed by atoms with van der Waals surface area (Å²) in [4.78, 5) is 38.4. The number of esters is 1. The maximum Gasteiger partial charge on any atom is 0.320 e. The lowest BCUT2D eigenvalue weighted by atomic mass is 9.80. The zero-order valence-electron chi connectivity index (χ0n) is 15.2. The molecule has 0 radical (unpaired) electrons. The molecule has 4 aliphatic rings. The number of ketones is 1. The molecule has 0 saturated carbocycles. The summed E-state index contributed by atoms with van der Waals surface area (Å²) >= 11 is 0. The lowest BCUT2D eigenvalue weighted by Gasteiger charge is -2.28. The Morgan fingerprint density at radius 1 is 1.31 bits per heavy atom. The summed E-state index contributed by atoms with van der Waals surface area (Å²) in [6.07, 6.45) is 4.45. The lowest BCUT2D eigenvalue weighted by molar-refractivity contribution is -0.147. The van der Waals surface area contributed by atoms with E-state index in [2.05, 4.69) is 0 Å². The first-order valence-corrected chi connectivity index (χ1v) is 9.48. The molecular formula is C20H25NO5. The zero-order valence-corrected chi connectivity index (χ0v) is 15.2. The van der Waals surface area contributed by atoms with Crippen LogP contribution in [0.4, 0.5) is 0 Å². The van der Waals surface area contributed by atoms with Crippen molar-refractivity contribution in [2.24, 2.45) is 17.8 Å². The highest BCUT2D eigenvalue weighted by atomic mass is 16.6. The summed E-state index contributed by atoms with van der Waals surface area (Å²) in [6.45, 7) is 5.09. The number of carboxylic acid groups (broad SMARTS) is 1. The maximum absolute atomic E-state index is 12.7. The van der Waals surface area contributed by atoms with Crippen LogP contribution >= 0.6 is 0 Å². The zero-order chi connectivity index (χ0) is 18.6. The van der Waals surface area contributed by atoms with Gasteiger partial charge in [0.05, 0.1) is 5.92 Å². The Labute approximate surface area is 152 Å². The van der Waals surface area contributed by atoms with E-state index >= 15 is 0 Å². The van der Waals surface area contributed by atoms with E-state index in [1.807, 2.05) is 18.7 Å². The topological polar surface area (TPSA) is 83.9 Å². The number of carboxylic acids is 1. The number of nitrogens with zero attached hydrogens (tertiary/aromatic N) is 1. The average molecular weight is 359 g/mol. The normalized spacial score (nSPS) is 37.3. The van der Waals surface area contributed by atoms with Gasteiger partial charge in [-0.2, -0.15) is 0 Å². The van der Waals surface area contributed by atoms with Crippen molar-refractivity contribution in [2.45, 2.75) is 51.7 Å². The van der Waals surface area contributed by atoms with Crippen LogP contribution in [0.25, 0.3) is 0 Å². The van der Waals surface area contributed by atoms with Crippen molar-refractivity contribution in [3.63, 3.8) is 0 Å². The standard InChI is InChI=1S/C20H25NO5/c1-10-5-6-12-13(9-21-7-3-4-14(21)19(23)24)20(25)26-18(12)17-11(2)8-15(22)16(10)17/h8,12-14,17-18H,3-7,9H2,1-2H3,(H,23,24)/t12-,13-,14?,17-,18?/m0/s1. The van der Waals surface area contributed by atoms with Gasteiger partial charge in [0.15, 0.2) is 5.78 Å². The Kier molecular flexibility index (Phi) is 4.26. The first-order chi connectivity index (χ1) is 12.4. The smallest absolute Gasteiger partial charge is 0.320 e. The van der Waals surface area contributed by atoms with Crippen molar-refractivity contribution in [2.75, 3.05) is 13.1 Å². The van der Waals surface area contributed by atoms with E-state index in [4.69, 9.17) is 4.74 Å². The van der Waals surface area contributed by atoms with Crippen LogP contribution in [0.15, 0.2) is 22.8 Å². The molecule has 140 valence electrons. The molecular weight excluding hydrogens is 334 g/mol. The van der Waals surface area contributed by atoms with Crippen LogP contribution in [-0.4, -0.2) is 53.0 Å². The summed E-state index contributed by atoms with van der Waals surface area (Å²) < 4.78 is 5.80. The van der Waals surface area contributed by atoms with E-state index in [1.165, 1.54) is 0 Å². The van der Waals surface area contributed by atoms with Gasteiger partial charge in [-0.05, 0) is 52.2 Å². The minimum absolute atomic E-state index is 0.0317. The van der Waals surface area contributed by atoms with Crippen molar-refractivity contribution in [1.29, 1.82) is 0 Å². The Balaban J connectivity index is 1.59. The third-order valence-corrected chi connectivity index (χ3v) is 6.64. The van der Waals surface area contributed by atoms with Crippen LogP contribution in [0, 0.1) is 17.8 Å². The van der Waals surface area contributed by atoms with Gasteiger partial charge in [-0.15, -0.1) is 0 Å². The first-order valence-electron chi connectivity index (χ1n) is 9.48. The molecule has 0 bridgehead atoms. The van der Waals surface area contributed by atoms with E-state index < -0.39 is 12.0 Å². The van der Waals surface area contributed by atoms with Crippen molar-refractivity contribution in [3.05, 3.63) is 22.8 Å². The van der Waals surface area contributed by atoms with Crippen LogP contribution in [-0.2, 0) is 19.1 Å². The summed E-state index contributed by atoms with van der Waals surface area (Å²) in [7, 11) is 0. The molecule has 6 nitrogen and oxygen atoms in total. The third-order valence-electron chi connectivity index (χ3n) is 6.64. The number of hydrogen-bond donors (Lipinski definition) is 1. The monoisotopic (exact) mass is 359 g/mol. The number of carbonyl (C=O) groups excluding carboxylic acids is 2. The molecule has 6 heteroatoms. The quantitative estimate of drug-likeness (QED) is 0.776. The van der Waals surface area contributed by atoms with Gasteiger partial charge in [-0.25, -0.2) is 0 Å². The van der Waals surface area contributed by atoms with Crippen molar-refractivity contribution in [3.8, 4) is 0 Å². The highest BCUT2D eigenvalue weighted by molar-refractivity contribution is 6.09. The molecule has 0 aromatic heterocycles. The van der Waals surface area contributed by atoms with E-state index in [9.17, 15) is 19.5 Å². The Hall–Kier alpha value is -1.95. The predicted molar refractivity (Wildman–Crippen MR) is 93.3 cm³/mol. The number of aliphatic carboxylic acids is 1. The maximum atomic E-state index is 12.7. The molecule has 2 aliphatic carbocycles.